The summed E-state index contributed by atoms with van der Waals surface area (Å²) >= 11 is 0. The number of hydrogen-bond donors (Lipinski definition) is 2. The van der Waals surface area contributed by atoms with Crippen LogP contribution in [-0.4, -0.2) is 17.1 Å². The van der Waals surface area contributed by atoms with E-state index in [9.17, 15) is 4.79 Å². The monoisotopic (exact) mass is 183 g/mol. The fraction of sp³-hybridized carbons (Fsp3) is 0.900. The highest BCUT2D eigenvalue weighted by Crippen LogP contribution is 2.51. The summed E-state index contributed by atoms with van der Waals surface area (Å²) in [5, 5.41) is 8.61. The molecule has 3 heteroatoms. The molecule has 2 aliphatic carbocycles. The molecule has 0 bridgehead atoms. The van der Waals surface area contributed by atoms with E-state index in [4.69, 9.17) is 10.8 Å². The predicted octanol–water partition coefficient (Wildman–Crippen LogP) is 1.22. The van der Waals surface area contributed by atoms with Gasteiger partial charge in [-0.3, -0.25) is 4.79 Å². The van der Waals surface area contributed by atoms with Crippen molar-refractivity contribution < 1.29 is 9.90 Å². The molecule has 2 fully saturated rings. The van der Waals surface area contributed by atoms with Gasteiger partial charge in [-0.1, -0.05) is 0 Å². The van der Waals surface area contributed by atoms with Crippen LogP contribution in [0.2, 0.25) is 0 Å². The SMILES string of the molecule is N[C@@H](CC(=O)O)C1CCC2CC2C1. The van der Waals surface area contributed by atoms with Gasteiger partial charge in [-0.25, -0.2) is 0 Å². The first kappa shape index (κ1) is 9.00. The number of carboxylic acid groups (broad SMARTS) is 1. The third kappa shape index (κ3) is 2.02. The second-order valence-electron chi connectivity index (χ2n) is 4.59. The van der Waals surface area contributed by atoms with E-state index in [0.717, 1.165) is 18.3 Å². The molecule has 4 atom stereocenters. The summed E-state index contributed by atoms with van der Waals surface area (Å²) in [6.45, 7) is 0. The van der Waals surface area contributed by atoms with Gasteiger partial charge in [0.25, 0.3) is 0 Å². The van der Waals surface area contributed by atoms with E-state index in [-0.39, 0.29) is 12.5 Å². The van der Waals surface area contributed by atoms with Crippen LogP contribution in [0.15, 0.2) is 0 Å². The Morgan fingerprint density at radius 2 is 2.15 bits per heavy atom. The second-order valence-corrected chi connectivity index (χ2v) is 4.59. The third-order valence-electron chi connectivity index (χ3n) is 3.60. The highest BCUT2D eigenvalue weighted by molar-refractivity contribution is 5.67. The lowest BCUT2D eigenvalue weighted by Crippen LogP contribution is -2.34. The molecule has 0 aromatic carbocycles. The summed E-state index contributed by atoms with van der Waals surface area (Å²) in [7, 11) is 0. The summed E-state index contributed by atoms with van der Waals surface area (Å²) in [6, 6.07) is -0.112. The maximum atomic E-state index is 10.5. The molecule has 2 rings (SSSR count). The molecule has 3 unspecified atom stereocenters. The Balaban J connectivity index is 1.81. The summed E-state index contributed by atoms with van der Waals surface area (Å²) in [4.78, 5) is 10.5. The Labute approximate surface area is 78.3 Å². The van der Waals surface area contributed by atoms with Crippen molar-refractivity contribution >= 4 is 5.97 Å². The number of hydrogen-bond acceptors (Lipinski definition) is 2. The van der Waals surface area contributed by atoms with Crippen molar-refractivity contribution in [3.05, 3.63) is 0 Å². The lowest BCUT2D eigenvalue weighted by atomic mass is 9.83. The standard InChI is InChI=1S/C10H17NO2/c11-9(5-10(12)13)7-2-1-6-3-8(6)4-7/h6-9H,1-5,11H2,(H,12,13)/t6?,7?,8?,9-/m0/s1. The van der Waals surface area contributed by atoms with Gasteiger partial charge >= 0.3 is 5.97 Å². The number of carbonyl (C=O) groups is 1. The summed E-state index contributed by atoms with van der Waals surface area (Å²) in [6.07, 6.45) is 5.12. The van der Waals surface area contributed by atoms with Gasteiger partial charge in [0.15, 0.2) is 0 Å². The molecule has 0 spiro atoms. The highest BCUT2D eigenvalue weighted by atomic mass is 16.4. The van der Waals surface area contributed by atoms with E-state index in [0.29, 0.717) is 5.92 Å². The first-order valence-corrected chi connectivity index (χ1v) is 5.14. The topological polar surface area (TPSA) is 63.3 Å². The number of fused-ring (bicyclic) bond motifs is 1. The Kier molecular flexibility index (Phi) is 2.28. The molecular formula is C10H17NO2. The quantitative estimate of drug-likeness (QED) is 0.691. The van der Waals surface area contributed by atoms with Gasteiger partial charge in [-0.15, -0.1) is 0 Å². The van der Waals surface area contributed by atoms with Gasteiger partial charge in [0.05, 0.1) is 6.42 Å². The minimum absolute atomic E-state index is 0.112. The van der Waals surface area contributed by atoms with Crippen LogP contribution in [0.4, 0.5) is 0 Å². The Hall–Kier alpha value is -0.570. The molecular weight excluding hydrogens is 166 g/mol. The summed E-state index contributed by atoms with van der Waals surface area (Å²) in [5.41, 5.74) is 5.85. The van der Waals surface area contributed by atoms with Gasteiger partial charge < -0.3 is 10.8 Å². The fourth-order valence-electron chi connectivity index (χ4n) is 2.64. The van der Waals surface area contributed by atoms with E-state index in [2.05, 4.69) is 0 Å². The van der Waals surface area contributed by atoms with Crippen molar-refractivity contribution in [1.29, 1.82) is 0 Å². The molecule has 74 valence electrons. The number of carboxylic acids is 1. The van der Waals surface area contributed by atoms with Crippen LogP contribution in [0.5, 0.6) is 0 Å². The van der Waals surface area contributed by atoms with Crippen LogP contribution >= 0.6 is 0 Å². The lowest BCUT2D eigenvalue weighted by Gasteiger charge is -2.25. The van der Waals surface area contributed by atoms with E-state index >= 15 is 0 Å². The van der Waals surface area contributed by atoms with Gasteiger partial charge in [0.2, 0.25) is 0 Å². The predicted molar refractivity (Wildman–Crippen MR) is 49.2 cm³/mol. The molecule has 0 amide bonds. The molecule has 2 aliphatic rings. The Morgan fingerprint density at radius 1 is 1.38 bits per heavy atom. The molecule has 2 saturated carbocycles. The molecule has 0 radical (unpaired) electrons. The first-order valence-electron chi connectivity index (χ1n) is 5.14. The minimum Gasteiger partial charge on any atom is -0.481 e. The molecule has 13 heavy (non-hydrogen) atoms. The van der Waals surface area contributed by atoms with Gasteiger partial charge in [0.1, 0.15) is 0 Å². The molecule has 3 nitrogen and oxygen atoms in total. The third-order valence-corrected chi connectivity index (χ3v) is 3.60. The van der Waals surface area contributed by atoms with Crippen molar-refractivity contribution in [1.82, 2.24) is 0 Å². The number of rotatable bonds is 3. The Morgan fingerprint density at radius 3 is 2.77 bits per heavy atom. The maximum Gasteiger partial charge on any atom is 0.304 e. The van der Waals surface area contributed by atoms with Crippen molar-refractivity contribution in [2.45, 2.75) is 38.1 Å². The van der Waals surface area contributed by atoms with Gasteiger partial charge in [-0.05, 0) is 43.4 Å². The van der Waals surface area contributed by atoms with E-state index in [1.165, 1.54) is 19.3 Å². The molecule has 0 heterocycles. The molecule has 0 aromatic heterocycles. The molecule has 3 N–H and O–H groups in total. The van der Waals surface area contributed by atoms with Crippen LogP contribution in [0.1, 0.15) is 32.1 Å². The zero-order valence-electron chi connectivity index (χ0n) is 7.78. The normalized spacial score (nSPS) is 39.3. The molecule has 0 aromatic rings. The van der Waals surface area contributed by atoms with Gasteiger partial charge in [0, 0.05) is 6.04 Å². The zero-order valence-corrected chi connectivity index (χ0v) is 7.78. The van der Waals surface area contributed by atoms with Crippen molar-refractivity contribution in [3.8, 4) is 0 Å². The average Bonchev–Trinajstić information content (AvgIpc) is 2.79. The average molecular weight is 183 g/mol. The van der Waals surface area contributed by atoms with Crippen LogP contribution in [0.3, 0.4) is 0 Å². The summed E-state index contributed by atoms with van der Waals surface area (Å²) < 4.78 is 0. The van der Waals surface area contributed by atoms with Gasteiger partial charge in [-0.2, -0.15) is 0 Å². The Bertz CT molecular complexity index is 217. The molecule has 0 aliphatic heterocycles. The molecule has 0 saturated heterocycles. The van der Waals surface area contributed by atoms with Crippen LogP contribution in [-0.2, 0) is 4.79 Å². The van der Waals surface area contributed by atoms with E-state index in [1.807, 2.05) is 0 Å². The van der Waals surface area contributed by atoms with Crippen LogP contribution in [0.25, 0.3) is 0 Å². The van der Waals surface area contributed by atoms with Crippen molar-refractivity contribution in [2.75, 3.05) is 0 Å². The number of nitrogens with two attached hydrogens (primary N) is 1. The van der Waals surface area contributed by atoms with E-state index in [1.54, 1.807) is 0 Å². The second kappa shape index (κ2) is 3.29. The number of aliphatic carboxylic acids is 1. The smallest absolute Gasteiger partial charge is 0.304 e. The van der Waals surface area contributed by atoms with Crippen molar-refractivity contribution in [3.63, 3.8) is 0 Å². The largest absolute Gasteiger partial charge is 0.481 e. The van der Waals surface area contributed by atoms with Crippen LogP contribution < -0.4 is 5.73 Å². The minimum atomic E-state index is -0.759. The van der Waals surface area contributed by atoms with Crippen molar-refractivity contribution in [2.24, 2.45) is 23.5 Å². The fourth-order valence-corrected chi connectivity index (χ4v) is 2.64. The zero-order chi connectivity index (χ0) is 9.42. The lowest BCUT2D eigenvalue weighted by molar-refractivity contribution is -0.137. The summed E-state index contributed by atoms with van der Waals surface area (Å²) in [5.74, 6) is 1.57. The van der Waals surface area contributed by atoms with E-state index < -0.39 is 5.97 Å². The maximum absolute atomic E-state index is 10.5. The highest BCUT2D eigenvalue weighted by Gasteiger charge is 2.43. The van der Waals surface area contributed by atoms with Crippen LogP contribution in [0, 0.1) is 17.8 Å². The first-order chi connectivity index (χ1) is 6.16.